The summed E-state index contributed by atoms with van der Waals surface area (Å²) in [6.45, 7) is 7.10. The fourth-order valence-corrected chi connectivity index (χ4v) is 4.78. The van der Waals surface area contributed by atoms with Crippen molar-refractivity contribution in [2.45, 2.75) is 39.3 Å². The first-order valence-corrected chi connectivity index (χ1v) is 10.7. The molecule has 152 valence electrons. The molecule has 0 saturated carbocycles. The van der Waals surface area contributed by atoms with Crippen molar-refractivity contribution in [3.63, 3.8) is 0 Å². The molecule has 0 aliphatic carbocycles. The van der Waals surface area contributed by atoms with Gasteiger partial charge in [-0.1, -0.05) is 17.7 Å². The number of guanidine groups is 1. The Morgan fingerprint density at radius 1 is 1.32 bits per heavy atom. The van der Waals surface area contributed by atoms with Crippen molar-refractivity contribution in [1.29, 1.82) is 0 Å². The van der Waals surface area contributed by atoms with E-state index in [-0.39, 0.29) is 11.9 Å². The lowest BCUT2D eigenvalue weighted by molar-refractivity contribution is 0.240. The zero-order chi connectivity index (χ0) is 20.1. The van der Waals surface area contributed by atoms with Crippen LogP contribution >= 0.6 is 22.9 Å². The molecule has 5 nitrogen and oxygen atoms in total. The van der Waals surface area contributed by atoms with Crippen LogP contribution in [-0.2, 0) is 6.54 Å². The number of nitrogens with one attached hydrogen (secondary N) is 2. The summed E-state index contributed by atoms with van der Waals surface area (Å²) in [6, 6.07) is 4.74. The minimum Gasteiger partial charge on any atom is -0.354 e. The number of rotatable bonds is 6. The fourth-order valence-electron chi connectivity index (χ4n) is 3.61. The summed E-state index contributed by atoms with van der Waals surface area (Å²) in [5.41, 5.74) is 1.60. The number of aromatic nitrogens is 1. The highest BCUT2D eigenvalue weighted by molar-refractivity contribution is 7.11. The van der Waals surface area contributed by atoms with Crippen LogP contribution in [0.15, 0.2) is 23.2 Å². The van der Waals surface area contributed by atoms with Crippen LogP contribution in [0.3, 0.4) is 0 Å². The van der Waals surface area contributed by atoms with Gasteiger partial charge in [-0.2, -0.15) is 0 Å². The van der Waals surface area contributed by atoms with Crippen LogP contribution in [0, 0.1) is 19.7 Å². The monoisotopic (exact) mass is 423 g/mol. The Morgan fingerprint density at radius 2 is 2.07 bits per heavy atom. The highest BCUT2D eigenvalue weighted by Crippen LogP contribution is 2.31. The van der Waals surface area contributed by atoms with Crippen LogP contribution < -0.4 is 10.6 Å². The molecule has 28 heavy (non-hydrogen) atoms. The molecule has 3 rings (SSSR count). The smallest absolute Gasteiger partial charge is 0.191 e. The molecular weight excluding hydrogens is 397 g/mol. The van der Waals surface area contributed by atoms with Gasteiger partial charge in [-0.25, -0.2) is 9.37 Å². The average molecular weight is 424 g/mol. The van der Waals surface area contributed by atoms with Crippen molar-refractivity contribution in [3.8, 4) is 0 Å². The maximum Gasteiger partial charge on any atom is 0.191 e. The minimum atomic E-state index is -0.259. The Balaban J connectivity index is 1.69. The maximum atomic E-state index is 14.6. The fraction of sp³-hybridized carbons (Fsp3) is 0.500. The molecule has 0 bridgehead atoms. The molecule has 8 heteroatoms. The molecular formula is C20H27ClFN5S. The number of nitrogens with zero attached hydrogens (tertiary/aromatic N) is 3. The van der Waals surface area contributed by atoms with Crippen LogP contribution in [0.2, 0.25) is 5.02 Å². The predicted octanol–water partition coefficient (Wildman–Crippen LogP) is 4.05. The van der Waals surface area contributed by atoms with Crippen molar-refractivity contribution >= 4 is 28.9 Å². The second kappa shape index (κ2) is 9.67. The van der Waals surface area contributed by atoms with Crippen LogP contribution in [0.4, 0.5) is 4.39 Å². The van der Waals surface area contributed by atoms with Gasteiger partial charge in [-0.05, 0) is 51.9 Å². The number of hydrogen-bond donors (Lipinski definition) is 2. The number of hydrogen-bond acceptors (Lipinski definition) is 4. The molecule has 2 heterocycles. The highest BCUT2D eigenvalue weighted by atomic mass is 35.5. The van der Waals surface area contributed by atoms with E-state index in [0.717, 1.165) is 36.6 Å². The highest BCUT2D eigenvalue weighted by Gasteiger charge is 2.27. The van der Waals surface area contributed by atoms with E-state index < -0.39 is 0 Å². The number of aliphatic imine (C=N–C) groups is 1. The second-order valence-corrected chi connectivity index (χ2v) is 8.64. The summed E-state index contributed by atoms with van der Waals surface area (Å²) in [7, 11) is 1.74. The standard InChI is InChI=1S/C20H27ClFN5S/c1-13-18(28-14(2)26-13)12-25-20(23-3)24-11-17(27-9-4-5-10-27)19-15(21)7-6-8-16(19)22/h6-8,17H,4-5,9-12H2,1-3H3,(H2,23,24,25). The molecule has 1 aromatic carbocycles. The second-order valence-electron chi connectivity index (χ2n) is 6.94. The van der Waals surface area contributed by atoms with E-state index in [2.05, 4.69) is 25.5 Å². The van der Waals surface area contributed by atoms with E-state index in [4.69, 9.17) is 11.6 Å². The van der Waals surface area contributed by atoms with E-state index in [0.29, 0.717) is 29.6 Å². The Labute approximate surface area is 175 Å². The van der Waals surface area contributed by atoms with Crippen molar-refractivity contribution in [2.75, 3.05) is 26.7 Å². The molecule has 0 amide bonds. The van der Waals surface area contributed by atoms with E-state index in [1.807, 2.05) is 13.8 Å². The first-order chi connectivity index (χ1) is 13.5. The number of likely N-dealkylation sites (tertiary alicyclic amines) is 1. The van der Waals surface area contributed by atoms with Gasteiger partial charge in [-0.15, -0.1) is 11.3 Å². The summed E-state index contributed by atoms with van der Waals surface area (Å²) >= 11 is 8.05. The molecule has 1 atom stereocenters. The van der Waals surface area contributed by atoms with Gasteiger partial charge >= 0.3 is 0 Å². The Bertz CT molecular complexity index is 812. The first-order valence-electron chi connectivity index (χ1n) is 9.55. The first kappa shape index (κ1) is 21.0. The lowest BCUT2D eigenvalue weighted by Gasteiger charge is -2.29. The lowest BCUT2D eigenvalue weighted by atomic mass is 10.0. The molecule has 2 N–H and O–H groups in total. The van der Waals surface area contributed by atoms with Gasteiger partial charge in [-0.3, -0.25) is 9.89 Å². The number of thiazole rings is 1. The zero-order valence-corrected chi connectivity index (χ0v) is 18.1. The van der Waals surface area contributed by atoms with Gasteiger partial charge in [0.15, 0.2) is 5.96 Å². The quantitative estimate of drug-likeness (QED) is 0.543. The topological polar surface area (TPSA) is 52.6 Å². The summed E-state index contributed by atoms with van der Waals surface area (Å²) in [6.07, 6.45) is 2.25. The largest absolute Gasteiger partial charge is 0.354 e. The number of halogens is 2. The van der Waals surface area contributed by atoms with E-state index in [9.17, 15) is 4.39 Å². The third-order valence-electron chi connectivity index (χ3n) is 5.02. The summed E-state index contributed by atoms with van der Waals surface area (Å²) < 4.78 is 14.6. The molecule has 0 radical (unpaired) electrons. The SMILES string of the molecule is CN=C(NCc1sc(C)nc1C)NCC(c1c(F)cccc1Cl)N1CCCC1. The van der Waals surface area contributed by atoms with Gasteiger partial charge in [0.05, 0.1) is 23.3 Å². The van der Waals surface area contributed by atoms with Crippen LogP contribution in [0.5, 0.6) is 0 Å². The Hall–Kier alpha value is -1.70. The molecule has 1 unspecified atom stereocenters. The van der Waals surface area contributed by atoms with Crippen molar-refractivity contribution in [1.82, 2.24) is 20.5 Å². The molecule has 1 saturated heterocycles. The van der Waals surface area contributed by atoms with Crippen LogP contribution in [-0.4, -0.2) is 42.5 Å². The third-order valence-corrected chi connectivity index (χ3v) is 6.42. The van der Waals surface area contributed by atoms with E-state index >= 15 is 0 Å². The zero-order valence-electron chi connectivity index (χ0n) is 16.6. The van der Waals surface area contributed by atoms with Crippen LogP contribution in [0.25, 0.3) is 0 Å². The van der Waals surface area contributed by atoms with Crippen molar-refractivity contribution in [3.05, 3.63) is 50.2 Å². The average Bonchev–Trinajstić information content (AvgIpc) is 3.29. The van der Waals surface area contributed by atoms with Crippen LogP contribution in [0.1, 0.15) is 40.0 Å². The predicted molar refractivity (Wildman–Crippen MR) is 115 cm³/mol. The normalized spacial score (nSPS) is 16.4. The lowest BCUT2D eigenvalue weighted by Crippen LogP contribution is -2.42. The Morgan fingerprint density at radius 3 is 2.68 bits per heavy atom. The van der Waals surface area contributed by atoms with Gasteiger partial charge in [0.1, 0.15) is 5.82 Å². The van der Waals surface area contributed by atoms with Crippen molar-refractivity contribution in [2.24, 2.45) is 4.99 Å². The maximum absolute atomic E-state index is 14.6. The molecule has 2 aromatic rings. The molecule has 1 aliphatic heterocycles. The summed E-state index contributed by atoms with van der Waals surface area (Å²) in [5, 5.41) is 8.21. The Kier molecular flexibility index (Phi) is 7.26. The summed E-state index contributed by atoms with van der Waals surface area (Å²) in [5.74, 6) is 0.423. The van der Waals surface area contributed by atoms with E-state index in [1.54, 1.807) is 30.5 Å². The van der Waals surface area contributed by atoms with Crippen molar-refractivity contribution < 1.29 is 4.39 Å². The van der Waals surface area contributed by atoms with Gasteiger partial charge in [0.25, 0.3) is 0 Å². The third kappa shape index (κ3) is 5.01. The van der Waals surface area contributed by atoms with Gasteiger partial charge in [0, 0.05) is 29.1 Å². The van der Waals surface area contributed by atoms with Gasteiger partial charge in [0.2, 0.25) is 0 Å². The number of benzene rings is 1. The minimum absolute atomic E-state index is 0.137. The number of aryl methyl sites for hydroxylation is 2. The van der Waals surface area contributed by atoms with Gasteiger partial charge < -0.3 is 10.6 Å². The molecule has 1 aromatic heterocycles. The van der Waals surface area contributed by atoms with E-state index in [1.165, 1.54) is 10.9 Å². The summed E-state index contributed by atoms with van der Waals surface area (Å²) in [4.78, 5) is 12.2. The molecule has 0 spiro atoms. The molecule has 1 fully saturated rings. The molecule has 1 aliphatic rings.